The molecule has 0 amide bonds. The lowest BCUT2D eigenvalue weighted by atomic mass is 9.35. The minimum atomic E-state index is -4.39. The predicted molar refractivity (Wildman–Crippen MR) is 185 cm³/mol. The molecule has 52 heavy (non-hydrogen) atoms. The quantitative estimate of drug-likeness (QED) is 0.271. The molecular weight excluding hydrogens is 682 g/mol. The van der Waals surface area contributed by atoms with Crippen molar-refractivity contribution in [3.63, 3.8) is 0 Å². The molecule has 2 aliphatic carbocycles. The first-order chi connectivity index (χ1) is 24.5. The highest BCUT2D eigenvalue weighted by Gasteiger charge is 2.85. The Kier molecular flexibility index (Phi) is 8.95. The number of nitrogens with zero attached hydrogens (tertiary/aromatic N) is 4. The average Bonchev–Trinajstić information content (AvgIpc) is 3.28. The van der Waals surface area contributed by atoms with E-state index in [2.05, 4.69) is 47.3 Å². The Morgan fingerprint density at radius 1 is 0.538 bits per heavy atom. The lowest BCUT2D eigenvalue weighted by Gasteiger charge is -2.69. The van der Waals surface area contributed by atoms with Crippen LogP contribution < -0.4 is 0 Å². The van der Waals surface area contributed by atoms with E-state index in [-0.39, 0.29) is 45.8 Å². The third-order valence-electron chi connectivity index (χ3n) is 14.8. The van der Waals surface area contributed by atoms with Crippen LogP contribution in [0, 0.1) is 21.7 Å². The summed E-state index contributed by atoms with van der Waals surface area (Å²) in [6.45, 7) is 19.0. The maximum Gasteiger partial charge on any atom is 0.416 e. The van der Waals surface area contributed by atoms with Crippen molar-refractivity contribution in [3.05, 3.63) is 70.8 Å². The second-order valence-corrected chi connectivity index (χ2v) is 17.4. The van der Waals surface area contributed by atoms with Gasteiger partial charge >= 0.3 is 12.4 Å². The van der Waals surface area contributed by atoms with Gasteiger partial charge in [0.05, 0.1) is 37.6 Å². The molecule has 2 aromatic rings. The van der Waals surface area contributed by atoms with Gasteiger partial charge in [-0.05, 0) is 59.1 Å². The highest BCUT2D eigenvalue weighted by molar-refractivity contribution is 5.39. The number of morpholine rings is 2. The van der Waals surface area contributed by atoms with Crippen LogP contribution in [0.4, 0.5) is 26.3 Å². The molecule has 6 aliphatic rings. The fourth-order valence-electron chi connectivity index (χ4n) is 12.6. The van der Waals surface area contributed by atoms with E-state index in [1.165, 1.54) is 24.3 Å². The topological polar surface area (TPSA) is 31.4 Å². The summed E-state index contributed by atoms with van der Waals surface area (Å²) in [6.07, 6.45) is -7.00. The van der Waals surface area contributed by atoms with E-state index < -0.39 is 23.5 Å². The van der Waals surface area contributed by atoms with Crippen LogP contribution in [-0.4, -0.2) is 109 Å². The van der Waals surface area contributed by atoms with Crippen molar-refractivity contribution in [1.82, 2.24) is 19.6 Å². The van der Waals surface area contributed by atoms with Crippen molar-refractivity contribution >= 4 is 0 Å². The van der Waals surface area contributed by atoms with Crippen LogP contribution >= 0.6 is 0 Å². The molecule has 6 nitrogen and oxygen atoms in total. The van der Waals surface area contributed by atoms with E-state index in [1.54, 1.807) is 24.3 Å². The lowest BCUT2D eigenvalue weighted by molar-refractivity contribution is -0.201. The molecule has 4 saturated heterocycles. The predicted octanol–water partition coefficient (Wildman–Crippen LogP) is 7.03. The summed E-state index contributed by atoms with van der Waals surface area (Å²) in [5, 5.41) is 0. The number of hydrogen-bond acceptors (Lipinski definition) is 6. The van der Waals surface area contributed by atoms with Crippen LogP contribution in [0.2, 0.25) is 0 Å². The Morgan fingerprint density at radius 2 is 0.865 bits per heavy atom. The van der Waals surface area contributed by atoms with E-state index in [1.807, 2.05) is 0 Å². The fourth-order valence-corrected chi connectivity index (χ4v) is 12.6. The molecule has 0 spiro atoms. The van der Waals surface area contributed by atoms with Crippen molar-refractivity contribution in [3.8, 4) is 0 Å². The molecule has 6 fully saturated rings. The van der Waals surface area contributed by atoms with Gasteiger partial charge in [0, 0.05) is 87.4 Å². The van der Waals surface area contributed by atoms with Crippen molar-refractivity contribution in [2.75, 3.05) is 65.7 Å². The van der Waals surface area contributed by atoms with Gasteiger partial charge in [-0.2, -0.15) is 26.3 Å². The molecule has 6 atom stereocenters. The van der Waals surface area contributed by atoms with Gasteiger partial charge in [0.2, 0.25) is 0 Å². The van der Waals surface area contributed by atoms with E-state index >= 15 is 0 Å². The number of hydrogen-bond donors (Lipinski definition) is 0. The summed E-state index contributed by atoms with van der Waals surface area (Å²) in [5.41, 5.74) is -0.217. The van der Waals surface area contributed by atoms with Gasteiger partial charge in [0.1, 0.15) is 0 Å². The summed E-state index contributed by atoms with van der Waals surface area (Å²) in [5.74, 6) is 0. The zero-order valence-electron chi connectivity index (χ0n) is 30.7. The molecule has 2 aromatic carbocycles. The molecule has 0 radical (unpaired) electrons. The molecule has 0 N–H and O–H groups in total. The van der Waals surface area contributed by atoms with Gasteiger partial charge in [0.15, 0.2) is 0 Å². The molecule has 286 valence electrons. The fraction of sp³-hybridized carbons (Fsp3) is 0.700. The third-order valence-corrected chi connectivity index (χ3v) is 14.8. The normalized spacial score (nSPS) is 35.0. The van der Waals surface area contributed by atoms with Crippen molar-refractivity contribution in [1.29, 1.82) is 0 Å². The van der Waals surface area contributed by atoms with E-state index in [0.717, 1.165) is 63.2 Å². The SMILES string of the molecule is CC1(C)[C@H]2C[C@@H]3N(Cc4ccc(C(F)(F)F)cc4)[C@@H]4C[C@H](N2Cc2ccc(C(F)(F)F)cc2)[C@]1(CN1CCOCC1)[C@@]3(CN1CCOCC1)C4(C)C. The Balaban J connectivity index is 1.26. The lowest BCUT2D eigenvalue weighted by Crippen LogP contribution is -2.75. The number of halogens is 6. The zero-order valence-corrected chi connectivity index (χ0v) is 30.7. The standard InChI is InChI=1S/C40H52F6N4O2/c1-35(2)31-21-34-38(26-48-15-19-52-20-16-48)36(3,4)32(50(34)24-28-7-11-30(12-8-28)40(44,45)46)22-33(37(35,38)25-47-13-17-51-18-14-47)49(31)23-27-5-9-29(10-6-27)39(41,42)43/h5-12,31-34H,13-26H2,1-4H3/t31-,32-,33+,34+,37-,38+/m1/s1. The first-order valence-corrected chi connectivity index (χ1v) is 18.9. The van der Waals surface area contributed by atoms with E-state index in [9.17, 15) is 26.3 Å². The van der Waals surface area contributed by atoms with Crippen molar-refractivity contribution in [2.24, 2.45) is 21.7 Å². The smallest absolute Gasteiger partial charge is 0.379 e. The maximum absolute atomic E-state index is 13.6. The Hall–Kier alpha value is -2.22. The van der Waals surface area contributed by atoms with Crippen molar-refractivity contribution in [2.45, 2.75) is 90.1 Å². The second-order valence-electron chi connectivity index (χ2n) is 17.4. The van der Waals surface area contributed by atoms with Crippen LogP contribution in [0.5, 0.6) is 0 Å². The molecule has 12 heteroatoms. The summed E-state index contributed by atoms with van der Waals surface area (Å²) in [7, 11) is 0. The van der Waals surface area contributed by atoms with E-state index in [4.69, 9.17) is 9.47 Å². The highest BCUT2D eigenvalue weighted by Crippen LogP contribution is 2.80. The van der Waals surface area contributed by atoms with Crippen LogP contribution in [0.1, 0.15) is 62.8 Å². The molecule has 4 bridgehead atoms. The third kappa shape index (κ3) is 5.43. The average molecular weight is 735 g/mol. The summed E-state index contributed by atoms with van der Waals surface area (Å²) >= 11 is 0. The summed E-state index contributed by atoms with van der Waals surface area (Å²) < 4.78 is 93.1. The Morgan fingerprint density at radius 3 is 1.17 bits per heavy atom. The molecule has 0 unspecified atom stereocenters. The number of ether oxygens (including phenoxy) is 2. The summed E-state index contributed by atoms with van der Waals surface area (Å²) in [6, 6.07) is 12.1. The Bertz CT molecular complexity index is 1480. The van der Waals surface area contributed by atoms with Crippen molar-refractivity contribution < 1.29 is 35.8 Å². The first-order valence-electron chi connectivity index (χ1n) is 18.9. The Labute approximate surface area is 303 Å². The van der Waals surface area contributed by atoms with Gasteiger partial charge in [-0.3, -0.25) is 19.6 Å². The van der Waals surface area contributed by atoms with Crippen LogP contribution in [0.15, 0.2) is 48.5 Å². The molecule has 2 saturated carbocycles. The zero-order chi connectivity index (χ0) is 36.9. The van der Waals surface area contributed by atoms with Gasteiger partial charge in [-0.1, -0.05) is 52.0 Å². The van der Waals surface area contributed by atoms with Gasteiger partial charge in [-0.25, -0.2) is 0 Å². The van der Waals surface area contributed by atoms with Gasteiger partial charge in [0.25, 0.3) is 0 Å². The molecule has 4 heterocycles. The van der Waals surface area contributed by atoms with Gasteiger partial charge in [-0.15, -0.1) is 0 Å². The largest absolute Gasteiger partial charge is 0.416 e. The monoisotopic (exact) mass is 734 g/mol. The van der Waals surface area contributed by atoms with E-state index in [0.29, 0.717) is 39.5 Å². The number of likely N-dealkylation sites (tertiary alicyclic amines) is 2. The second kappa shape index (κ2) is 12.7. The number of fused-ring (bicyclic) bond motifs is 2. The molecule has 0 aromatic heterocycles. The number of benzene rings is 2. The number of rotatable bonds is 8. The number of alkyl halides is 6. The highest BCUT2D eigenvalue weighted by atomic mass is 19.4. The minimum Gasteiger partial charge on any atom is -0.379 e. The molecule has 8 rings (SSSR count). The van der Waals surface area contributed by atoms with Crippen LogP contribution in [-0.2, 0) is 34.9 Å². The molecular formula is C40H52F6N4O2. The van der Waals surface area contributed by atoms with Gasteiger partial charge < -0.3 is 9.47 Å². The first kappa shape index (κ1) is 36.7. The van der Waals surface area contributed by atoms with Crippen LogP contribution in [0.3, 0.4) is 0 Å². The molecule has 4 aliphatic heterocycles. The minimum absolute atomic E-state index is 0.152. The summed E-state index contributed by atoms with van der Waals surface area (Å²) in [4.78, 5) is 10.6. The van der Waals surface area contributed by atoms with Crippen LogP contribution in [0.25, 0.3) is 0 Å². The maximum atomic E-state index is 13.6.